The molecule has 2 rings (SSSR count). The molecule has 3 nitrogen and oxygen atoms in total. The first kappa shape index (κ1) is 11.6. The van der Waals surface area contributed by atoms with Crippen molar-refractivity contribution in [3.63, 3.8) is 0 Å². The van der Waals surface area contributed by atoms with Crippen LogP contribution in [0.1, 0.15) is 51.8 Å². The van der Waals surface area contributed by atoms with E-state index < -0.39 is 0 Å². The molecule has 1 heterocycles. The summed E-state index contributed by atoms with van der Waals surface area (Å²) in [5, 5.41) is 0. The molecule has 1 aliphatic carbocycles. The number of hydrogen-bond donors (Lipinski definition) is 1. The Morgan fingerprint density at radius 2 is 2.19 bits per heavy atom. The van der Waals surface area contributed by atoms with Crippen molar-refractivity contribution in [1.29, 1.82) is 0 Å². The normalized spacial score (nSPS) is 26.2. The predicted molar refractivity (Wildman–Crippen MR) is 66.4 cm³/mol. The molecular weight excluding hydrogens is 198 g/mol. The van der Waals surface area contributed by atoms with Crippen LogP contribution in [0.15, 0.2) is 12.5 Å². The van der Waals surface area contributed by atoms with Gasteiger partial charge >= 0.3 is 0 Å². The molecule has 1 aliphatic rings. The van der Waals surface area contributed by atoms with Gasteiger partial charge in [-0.2, -0.15) is 0 Å². The highest BCUT2D eigenvalue weighted by Crippen LogP contribution is 2.37. The highest BCUT2D eigenvalue weighted by molar-refractivity contribution is 5.12. The Labute approximate surface area is 98.1 Å². The van der Waals surface area contributed by atoms with Gasteiger partial charge in [0.1, 0.15) is 0 Å². The van der Waals surface area contributed by atoms with Gasteiger partial charge in [0.25, 0.3) is 0 Å². The Bertz CT molecular complexity index is 348. The lowest BCUT2D eigenvalue weighted by atomic mass is 9.91. The van der Waals surface area contributed by atoms with E-state index in [9.17, 15) is 0 Å². The maximum Gasteiger partial charge on any atom is 0.0951 e. The summed E-state index contributed by atoms with van der Waals surface area (Å²) in [5.74, 6) is 0.635. The highest BCUT2D eigenvalue weighted by atomic mass is 15.1. The van der Waals surface area contributed by atoms with Gasteiger partial charge < -0.3 is 10.3 Å². The predicted octanol–water partition coefficient (Wildman–Crippen LogP) is 2.48. The fourth-order valence-corrected chi connectivity index (χ4v) is 2.81. The second-order valence-corrected chi connectivity index (χ2v) is 5.93. The third-order valence-corrected chi connectivity index (χ3v) is 3.71. The minimum absolute atomic E-state index is 0.165. The Morgan fingerprint density at radius 3 is 2.81 bits per heavy atom. The molecule has 0 amide bonds. The number of nitrogens with two attached hydrogens (primary N) is 1. The van der Waals surface area contributed by atoms with Gasteiger partial charge in [-0.05, 0) is 25.3 Å². The first-order valence-corrected chi connectivity index (χ1v) is 6.26. The summed E-state index contributed by atoms with van der Waals surface area (Å²) in [7, 11) is 0. The van der Waals surface area contributed by atoms with Crippen LogP contribution in [0.25, 0.3) is 0 Å². The summed E-state index contributed by atoms with van der Waals surface area (Å²) in [4.78, 5) is 4.32. The van der Waals surface area contributed by atoms with Crippen LogP contribution in [0.3, 0.4) is 0 Å². The molecule has 90 valence electrons. The van der Waals surface area contributed by atoms with E-state index in [1.54, 1.807) is 0 Å². The molecular formula is C13H23N3. The highest BCUT2D eigenvalue weighted by Gasteiger charge is 2.30. The van der Waals surface area contributed by atoms with Crippen LogP contribution in [0, 0.1) is 5.92 Å². The Kier molecular flexibility index (Phi) is 3.06. The van der Waals surface area contributed by atoms with Crippen LogP contribution in [0.4, 0.5) is 0 Å². The number of imidazole rings is 1. The smallest absolute Gasteiger partial charge is 0.0951 e. The lowest BCUT2D eigenvalue weighted by Crippen LogP contribution is -2.26. The lowest BCUT2D eigenvalue weighted by Gasteiger charge is -2.27. The van der Waals surface area contributed by atoms with Crippen molar-refractivity contribution in [3.8, 4) is 0 Å². The quantitative estimate of drug-likeness (QED) is 0.833. The summed E-state index contributed by atoms with van der Waals surface area (Å²) in [6, 6.07) is 0.571. The monoisotopic (exact) mass is 221 g/mol. The second-order valence-electron chi connectivity index (χ2n) is 5.93. The molecule has 16 heavy (non-hydrogen) atoms. The molecule has 0 spiro atoms. The molecule has 2 atom stereocenters. The van der Waals surface area contributed by atoms with Crippen LogP contribution in [-0.4, -0.2) is 16.1 Å². The summed E-state index contributed by atoms with van der Waals surface area (Å²) in [6.07, 6.45) is 7.81. The van der Waals surface area contributed by atoms with E-state index in [0.29, 0.717) is 12.0 Å². The van der Waals surface area contributed by atoms with Gasteiger partial charge in [0, 0.05) is 23.3 Å². The van der Waals surface area contributed by atoms with Crippen molar-refractivity contribution in [2.45, 2.75) is 51.5 Å². The number of hydrogen-bond acceptors (Lipinski definition) is 2. The molecule has 1 fully saturated rings. The standard InChI is InChI=1S/C13H23N3/c1-13(2,3)12-8-15-9-16(12)11-6-4-5-10(11)7-14/h8-11H,4-7,14H2,1-3H3. The summed E-state index contributed by atoms with van der Waals surface area (Å²) < 4.78 is 2.37. The Morgan fingerprint density at radius 1 is 1.44 bits per heavy atom. The topological polar surface area (TPSA) is 43.8 Å². The van der Waals surface area contributed by atoms with Gasteiger partial charge in [0.05, 0.1) is 6.33 Å². The fraction of sp³-hybridized carbons (Fsp3) is 0.769. The molecule has 2 unspecified atom stereocenters. The van der Waals surface area contributed by atoms with Crippen LogP contribution in [0.2, 0.25) is 0 Å². The zero-order chi connectivity index (χ0) is 11.8. The van der Waals surface area contributed by atoms with E-state index in [0.717, 1.165) is 6.54 Å². The molecule has 1 saturated carbocycles. The molecule has 0 aliphatic heterocycles. The summed E-state index contributed by atoms with van der Waals surface area (Å²) >= 11 is 0. The van der Waals surface area contributed by atoms with Crippen molar-refractivity contribution in [1.82, 2.24) is 9.55 Å². The third kappa shape index (κ3) is 2.01. The van der Waals surface area contributed by atoms with Gasteiger partial charge in [-0.15, -0.1) is 0 Å². The lowest BCUT2D eigenvalue weighted by molar-refractivity contribution is 0.361. The van der Waals surface area contributed by atoms with Gasteiger partial charge in [-0.1, -0.05) is 27.2 Å². The molecule has 0 saturated heterocycles. The van der Waals surface area contributed by atoms with Gasteiger partial charge in [-0.3, -0.25) is 0 Å². The first-order valence-electron chi connectivity index (χ1n) is 6.26. The van der Waals surface area contributed by atoms with Crippen molar-refractivity contribution in [3.05, 3.63) is 18.2 Å². The first-order chi connectivity index (χ1) is 7.54. The number of rotatable bonds is 2. The average Bonchev–Trinajstić information content (AvgIpc) is 2.84. The molecule has 0 bridgehead atoms. The molecule has 2 N–H and O–H groups in total. The summed E-state index contributed by atoms with van der Waals surface area (Å²) in [6.45, 7) is 7.53. The van der Waals surface area contributed by atoms with Gasteiger partial charge in [0.15, 0.2) is 0 Å². The minimum Gasteiger partial charge on any atom is -0.331 e. The largest absolute Gasteiger partial charge is 0.331 e. The van der Waals surface area contributed by atoms with Crippen molar-refractivity contribution < 1.29 is 0 Å². The zero-order valence-corrected chi connectivity index (χ0v) is 10.6. The maximum atomic E-state index is 5.86. The van der Waals surface area contributed by atoms with Gasteiger partial charge in [0.2, 0.25) is 0 Å². The van der Waals surface area contributed by atoms with E-state index in [2.05, 4.69) is 30.3 Å². The van der Waals surface area contributed by atoms with Gasteiger partial charge in [-0.25, -0.2) is 4.98 Å². The molecule has 0 aromatic carbocycles. The molecule has 1 aromatic rings. The SMILES string of the molecule is CC(C)(C)c1cncn1C1CCCC1CN. The van der Waals surface area contributed by atoms with E-state index in [1.807, 2.05) is 12.5 Å². The second kappa shape index (κ2) is 4.21. The van der Waals surface area contributed by atoms with Crippen molar-refractivity contribution in [2.24, 2.45) is 11.7 Å². The number of nitrogens with zero attached hydrogens (tertiary/aromatic N) is 2. The minimum atomic E-state index is 0.165. The van der Waals surface area contributed by atoms with E-state index in [1.165, 1.54) is 25.0 Å². The van der Waals surface area contributed by atoms with Crippen LogP contribution in [-0.2, 0) is 5.41 Å². The Hall–Kier alpha value is -0.830. The average molecular weight is 221 g/mol. The van der Waals surface area contributed by atoms with Crippen molar-refractivity contribution in [2.75, 3.05) is 6.54 Å². The van der Waals surface area contributed by atoms with E-state index in [-0.39, 0.29) is 5.41 Å². The van der Waals surface area contributed by atoms with E-state index in [4.69, 9.17) is 5.73 Å². The molecule has 0 radical (unpaired) electrons. The molecule has 1 aromatic heterocycles. The zero-order valence-electron chi connectivity index (χ0n) is 10.6. The Balaban J connectivity index is 2.30. The van der Waals surface area contributed by atoms with Crippen molar-refractivity contribution >= 4 is 0 Å². The van der Waals surface area contributed by atoms with Crippen LogP contribution < -0.4 is 5.73 Å². The van der Waals surface area contributed by atoms with E-state index >= 15 is 0 Å². The molecule has 3 heteroatoms. The summed E-state index contributed by atoms with van der Waals surface area (Å²) in [5.41, 5.74) is 7.35. The maximum absolute atomic E-state index is 5.86. The number of aromatic nitrogens is 2. The van der Waals surface area contributed by atoms with Crippen LogP contribution in [0.5, 0.6) is 0 Å². The fourth-order valence-electron chi connectivity index (χ4n) is 2.81. The van der Waals surface area contributed by atoms with Crippen LogP contribution >= 0.6 is 0 Å². The third-order valence-electron chi connectivity index (χ3n) is 3.71.